The number of alkyl halides is 3. The van der Waals surface area contributed by atoms with E-state index in [1.165, 1.54) is 48.5 Å². The van der Waals surface area contributed by atoms with E-state index in [1.54, 1.807) is 17.6 Å². The van der Waals surface area contributed by atoms with E-state index in [4.69, 9.17) is 11.6 Å². The second-order valence-electron chi connectivity index (χ2n) is 6.12. The van der Waals surface area contributed by atoms with Crippen LogP contribution in [0.5, 0.6) is 0 Å². The van der Waals surface area contributed by atoms with Crippen molar-refractivity contribution in [1.82, 2.24) is 10.6 Å². The van der Waals surface area contributed by atoms with E-state index in [1.807, 2.05) is 0 Å². The van der Waals surface area contributed by atoms with Gasteiger partial charge in [0.2, 0.25) is 0 Å². The van der Waals surface area contributed by atoms with Crippen LogP contribution in [0.2, 0.25) is 5.02 Å². The van der Waals surface area contributed by atoms with E-state index >= 15 is 0 Å². The zero-order valence-corrected chi connectivity index (χ0v) is 15.1. The molecule has 6 nitrogen and oxygen atoms in total. The summed E-state index contributed by atoms with van der Waals surface area (Å²) in [6, 6.07) is 9.45. The second-order valence-corrected chi connectivity index (χ2v) is 6.55. The van der Waals surface area contributed by atoms with Gasteiger partial charge in [0.05, 0.1) is 5.69 Å². The summed E-state index contributed by atoms with van der Waals surface area (Å²) >= 11 is 5.70. The van der Waals surface area contributed by atoms with E-state index in [9.17, 15) is 27.6 Å². The maximum absolute atomic E-state index is 13.8. The van der Waals surface area contributed by atoms with Crippen molar-refractivity contribution in [2.24, 2.45) is 0 Å². The van der Waals surface area contributed by atoms with Gasteiger partial charge >= 0.3 is 12.2 Å². The average Bonchev–Trinajstić information content (AvgIpc) is 2.87. The Kier molecular flexibility index (Phi) is 4.80. The molecule has 0 aliphatic carbocycles. The summed E-state index contributed by atoms with van der Waals surface area (Å²) in [4.78, 5) is 37.6. The number of urea groups is 1. The van der Waals surface area contributed by atoms with Gasteiger partial charge in [-0.1, -0.05) is 29.3 Å². The molecule has 2 aromatic rings. The number of aryl methyl sites for hydroxylation is 1. The minimum absolute atomic E-state index is 0.0556. The second kappa shape index (κ2) is 6.83. The van der Waals surface area contributed by atoms with E-state index in [0.717, 1.165) is 5.56 Å². The van der Waals surface area contributed by atoms with Gasteiger partial charge in [0, 0.05) is 10.6 Å². The number of anilines is 1. The van der Waals surface area contributed by atoms with Crippen molar-refractivity contribution in [3.8, 4) is 0 Å². The normalized spacial score (nSPS) is 19.5. The maximum Gasteiger partial charge on any atom is 0.440 e. The van der Waals surface area contributed by atoms with Gasteiger partial charge in [0.15, 0.2) is 0 Å². The number of carbonyl (C=O) groups is 3. The van der Waals surface area contributed by atoms with Gasteiger partial charge in [-0.05, 0) is 43.3 Å². The number of hydrogen-bond acceptors (Lipinski definition) is 3. The highest BCUT2D eigenvalue weighted by atomic mass is 35.5. The van der Waals surface area contributed by atoms with Crippen LogP contribution in [-0.2, 0) is 4.79 Å². The first-order chi connectivity index (χ1) is 13.0. The summed E-state index contributed by atoms with van der Waals surface area (Å²) in [5.41, 5.74) is -3.02. The van der Waals surface area contributed by atoms with Gasteiger partial charge in [0.1, 0.15) is 0 Å². The molecule has 1 aliphatic rings. The van der Waals surface area contributed by atoms with Gasteiger partial charge in [-0.2, -0.15) is 13.2 Å². The van der Waals surface area contributed by atoms with E-state index in [2.05, 4.69) is 0 Å². The number of rotatable bonds is 3. The molecule has 1 saturated heterocycles. The topological polar surface area (TPSA) is 78.5 Å². The largest absolute Gasteiger partial charge is 0.440 e. The molecule has 1 heterocycles. The lowest BCUT2D eigenvalue weighted by molar-refractivity contribution is -0.197. The van der Waals surface area contributed by atoms with Crippen molar-refractivity contribution in [3.63, 3.8) is 0 Å². The van der Waals surface area contributed by atoms with Crippen LogP contribution in [0.4, 0.5) is 23.7 Å². The molecule has 10 heteroatoms. The summed E-state index contributed by atoms with van der Waals surface area (Å²) in [7, 11) is 0. The number of halogens is 4. The van der Waals surface area contributed by atoms with Gasteiger partial charge in [-0.15, -0.1) is 0 Å². The smallest absolute Gasteiger partial charge is 0.314 e. The number of amides is 4. The molecular formula is C18H13ClF3N3O3. The van der Waals surface area contributed by atoms with Crippen molar-refractivity contribution >= 4 is 35.1 Å². The third-order valence-corrected chi connectivity index (χ3v) is 4.40. The number of nitrogens with one attached hydrogen (secondary N) is 2. The molecule has 1 fully saturated rings. The highest BCUT2D eigenvalue weighted by molar-refractivity contribution is 6.30. The van der Waals surface area contributed by atoms with Gasteiger partial charge in [-0.25, -0.2) is 9.69 Å². The summed E-state index contributed by atoms with van der Waals surface area (Å²) in [5, 5.41) is 3.49. The molecule has 146 valence electrons. The van der Waals surface area contributed by atoms with E-state index < -0.39 is 29.7 Å². The number of carbonyl (C=O) groups excluding carboxylic acids is 3. The molecule has 0 spiro atoms. The molecule has 1 aliphatic heterocycles. The van der Waals surface area contributed by atoms with Gasteiger partial charge in [-0.3, -0.25) is 14.9 Å². The Labute approximate surface area is 162 Å². The van der Waals surface area contributed by atoms with Crippen LogP contribution in [0, 0.1) is 6.92 Å². The van der Waals surface area contributed by atoms with Crippen LogP contribution < -0.4 is 15.5 Å². The molecule has 3 rings (SSSR count). The van der Waals surface area contributed by atoms with Gasteiger partial charge in [0.25, 0.3) is 17.5 Å². The predicted octanol–water partition coefficient (Wildman–Crippen LogP) is 3.39. The zero-order valence-electron chi connectivity index (χ0n) is 14.3. The SMILES string of the molecule is Cc1ccc(N2C(=O)N[C@](NC(=O)c3ccc(Cl)cc3)(C(F)(F)F)C2=O)cc1. The Morgan fingerprint density at radius 1 is 1.07 bits per heavy atom. The lowest BCUT2D eigenvalue weighted by Crippen LogP contribution is -2.69. The van der Waals surface area contributed by atoms with Crippen molar-refractivity contribution in [3.05, 3.63) is 64.7 Å². The van der Waals surface area contributed by atoms with E-state index in [-0.39, 0.29) is 16.3 Å². The molecule has 4 amide bonds. The Morgan fingerprint density at radius 3 is 2.18 bits per heavy atom. The Hall–Kier alpha value is -3.07. The van der Waals surface area contributed by atoms with Crippen LogP contribution in [-0.4, -0.2) is 29.7 Å². The van der Waals surface area contributed by atoms with Crippen LogP contribution in [0.1, 0.15) is 15.9 Å². The molecule has 1 atom stereocenters. The molecule has 2 N–H and O–H groups in total. The first kappa shape index (κ1) is 19.7. The quantitative estimate of drug-likeness (QED) is 0.760. The first-order valence-corrected chi connectivity index (χ1v) is 8.31. The summed E-state index contributed by atoms with van der Waals surface area (Å²) in [6.07, 6.45) is -5.29. The van der Waals surface area contributed by atoms with Crippen molar-refractivity contribution in [2.45, 2.75) is 18.8 Å². The molecule has 28 heavy (non-hydrogen) atoms. The monoisotopic (exact) mass is 411 g/mol. The summed E-state index contributed by atoms with van der Waals surface area (Å²) in [6.45, 7) is 1.74. The molecule has 0 radical (unpaired) electrons. The highest BCUT2D eigenvalue weighted by Gasteiger charge is 2.69. The number of nitrogens with zero attached hydrogens (tertiary/aromatic N) is 1. The molecular weight excluding hydrogens is 399 g/mol. The van der Waals surface area contributed by atoms with Crippen molar-refractivity contribution < 1.29 is 27.6 Å². The third-order valence-electron chi connectivity index (χ3n) is 4.15. The maximum atomic E-state index is 13.8. The summed E-state index contributed by atoms with van der Waals surface area (Å²) in [5.74, 6) is -2.86. The van der Waals surface area contributed by atoms with Crippen molar-refractivity contribution in [2.75, 3.05) is 4.90 Å². The minimum Gasteiger partial charge on any atom is -0.314 e. The average molecular weight is 412 g/mol. The predicted molar refractivity (Wildman–Crippen MR) is 94.9 cm³/mol. The van der Waals surface area contributed by atoms with E-state index in [0.29, 0.717) is 4.90 Å². The van der Waals surface area contributed by atoms with Crippen LogP contribution >= 0.6 is 11.6 Å². The molecule has 0 unspecified atom stereocenters. The zero-order chi connectivity index (χ0) is 20.7. The Morgan fingerprint density at radius 2 is 1.64 bits per heavy atom. The fraction of sp³-hybridized carbons (Fsp3) is 0.167. The lowest BCUT2D eigenvalue weighted by atomic mass is 10.1. The third kappa shape index (κ3) is 3.29. The summed E-state index contributed by atoms with van der Waals surface area (Å²) < 4.78 is 41.5. The molecule has 2 aromatic carbocycles. The molecule has 0 saturated carbocycles. The number of hydrogen-bond donors (Lipinski definition) is 2. The fourth-order valence-electron chi connectivity index (χ4n) is 2.65. The highest BCUT2D eigenvalue weighted by Crippen LogP contribution is 2.36. The van der Waals surface area contributed by atoms with Crippen molar-refractivity contribution in [1.29, 1.82) is 0 Å². The number of imide groups is 1. The molecule has 0 bridgehead atoms. The Balaban J connectivity index is 1.99. The van der Waals surface area contributed by atoms with Gasteiger partial charge < -0.3 is 5.32 Å². The fourth-order valence-corrected chi connectivity index (χ4v) is 2.78. The van der Waals surface area contributed by atoms with Crippen LogP contribution in [0.15, 0.2) is 48.5 Å². The van der Waals surface area contributed by atoms with Crippen LogP contribution in [0.3, 0.4) is 0 Å². The standard InChI is InChI=1S/C18H13ClF3N3O3/c1-10-2-8-13(9-3-10)25-15(27)17(18(20,21)22,24-16(25)28)23-14(26)11-4-6-12(19)7-5-11/h2-9H,1H3,(H,23,26)(H,24,28)/t17-/m0/s1. The Bertz CT molecular complexity index is 945. The molecule has 0 aromatic heterocycles. The number of benzene rings is 2. The lowest BCUT2D eigenvalue weighted by Gasteiger charge is -2.29. The minimum atomic E-state index is -5.29. The first-order valence-electron chi connectivity index (χ1n) is 7.93. The van der Waals surface area contributed by atoms with Crippen LogP contribution in [0.25, 0.3) is 0 Å².